The average molecular weight is 256 g/mol. The molecule has 1 saturated carbocycles. The Morgan fingerprint density at radius 2 is 1.89 bits per heavy atom. The molecule has 2 fully saturated rings. The van der Waals surface area contributed by atoms with Gasteiger partial charge in [0.25, 0.3) is 0 Å². The lowest BCUT2D eigenvalue weighted by Crippen LogP contribution is -2.48. The lowest BCUT2D eigenvalue weighted by molar-refractivity contribution is -0.00180. The van der Waals surface area contributed by atoms with Crippen molar-refractivity contribution in [3.8, 4) is 0 Å². The number of piperidine rings is 1. The van der Waals surface area contributed by atoms with Crippen LogP contribution in [0.15, 0.2) is 0 Å². The summed E-state index contributed by atoms with van der Waals surface area (Å²) in [4.78, 5) is 13.9. The molecule has 0 atom stereocenters. The Morgan fingerprint density at radius 1 is 1.22 bits per heavy atom. The van der Waals surface area contributed by atoms with Crippen LogP contribution in [0.4, 0.5) is 4.79 Å². The van der Waals surface area contributed by atoms with Crippen LogP contribution in [0.1, 0.15) is 38.5 Å². The highest BCUT2D eigenvalue weighted by molar-refractivity contribution is 5.74. The zero-order chi connectivity index (χ0) is 12.8. The van der Waals surface area contributed by atoms with Gasteiger partial charge in [-0.25, -0.2) is 4.79 Å². The van der Waals surface area contributed by atoms with Crippen molar-refractivity contribution < 1.29 is 14.6 Å². The van der Waals surface area contributed by atoms with Gasteiger partial charge in [0, 0.05) is 19.1 Å². The second kappa shape index (κ2) is 6.95. The van der Waals surface area contributed by atoms with Crippen LogP contribution in [0.3, 0.4) is 0 Å². The van der Waals surface area contributed by atoms with Gasteiger partial charge >= 0.3 is 6.03 Å². The van der Waals surface area contributed by atoms with Gasteiger partial charge in [0.15, 0.2) is 0 Å². The van der Waals surface area contributed by atoms with E-state index in [4.69, 9.17) is 9.84 Å². The van der Waals surface area contributed by atoms with Crippen LogP contribution in [-0.2, 0) is 4.74 Å². The average Bonchev–Trinajstić information content (AvgIpc) is 2.89. The first-order chi connectivity index (χ1) is 8.79. The maximum absolute atomic E-state index is 12.0. The Labute approximate surface area is 108 Å². The highest BCUT2D eigenvalue weighted by atomic mass is 16.5. The van der Waals surface area contributed by atoms with Gasteiger partial charge in [-0.1, -0.05) is 12.8 Å². The molecule has 0 aromatic rings. The fourth-order valence-electron chi connectivity index (χ4n) is 2.78. The van der Waals surface area contributed by atoms with Crippen LogP contribution in [0.5, 0.6) is 0 Å². The first-order valence-electron chi connectivity index (χ1n) is 7.07. The van der Waals surface area contributed by atoms with Crippen molar-refractivity contribution in [1.82, 2.24) is 10.2 Å². The zero-order valence-electron chi connectivity index (χ0n) is 10.9. The topological polar surface area (TPSA) is 61.8 Å². The first-order valence-corrected chi connectivity index (χ1v) is 7.07. The van der Waals surface area contributed by atoms with Gasteiger partial charge in [-0.05, 0) is 25.7 Å². The van der Waals surface area contributed by atoms with Crippen molar-refractivity contribution in [3.05, 3.63) is 0 Å². The third kappa shape index (κ3) is 3.85. The number of nitrogens with one attached hydrogen (secondary N) is 1. The van der Waals surface area contributed by atoms with E-state index in [0.29, 0.717) is 12.6 Å². The second-order valence-electron chi connectivity index (χ2n) is 5.21. The summed E-state index contributed by atoms with van der Waals surface area (Å²) in [6.07, 6.45) is 6.68. The van der Waals surface area contributed by atoms with E-state index >= 15 is 0 Å². The molecule has 2 amide bonds. The molecule has 2 aliphatic rings. The minimum Gasteiger partial charge on any atom is -0.394 e. The summed E-state index contributed by atoms with van der Waals surface area (Å²) >= 11 is 0. The van der Waals surface area contributed by atoms with E-state index in [1.54, 1.807) is 0 Å². The molecule has 1 aliphatic heterocycles. The zero-order valence-corrected chi connectivity index (χ0v) is 10.9. The van der Waals surface area contributed by atoms with Crippen molar-refractivity contribution in [2.24, 2.45) is 0 Å². The van der Waals surface area contributed by atoms with Crippen molar-refractivity contribution in [3.63, 3.8) is 0 Å². The highest BCUT2D eigenvalue weighted by Gasteiger charge is 2.25. The lowest BCUT2D eigenvalue weighted by Gasteiger charge is -2.32. The molecule has 18 heavy (non-hydrogen) atoms. The summed E-state index contributed by atoms with van der Waals surface area (Å²) in [6.45, 7) is 1.99. The fourth-order valence-corrected chi connectivity index (χ4v) is 2.78. The molecule has 2 rings (SSSR count). The van der Waals surface area contributed by atoms with Crippen LogP contribution in [0, 0.1) is 0 Å². The van der Waals surface area contributed by atoms with Gasteiger partial charge in [0.1, 0.15) is 0 Å². The number of nitrogens with zero attached hydrogens (tertiary/aromatic N) is 1. The van der Waals surface area contributed by atoms with E-state index in [1.807, 2.05) is 4.90 Å². The van der Waals surface area contributed by atoms with E-state index < -0.39 is 0 Å². The summed E-state index contributed by atoms with van der Waals surface area (Å²) in [5.41, 5.74) is 0. The van der Waals surface area contributed by atoms with Gasteiger partial charge < -0.3 is 20.1 Å². The summed E-state index contributed by atoms with van der Waals surface area (Å²) in [5, 5.41) is 11.8. The number of aliphatic hydroxyl groups is 1. The van der Waals surface area contributed by atoms with E-state index in [0.717, 1.165) is 38.8 Å². The predicted octanol–water partition coefficient (Wildman–Crippen LogP) is 1.11. The second-order valence-corrected chi connectivity index (χ2v) is 5.21. The molecule has 104 valence electrons. The van der Waals surface area contributed by atoms with E-state index in [2.05, 4.69) is 5.32 Å². The maximum Gasteiger partial charge on any atom is 0.317 e. The first kappa shape index (κ1) is 13.6. The van der Waals surface area contributed by atoms with Crippen molar-refractivity contribution in [2.75, 3.05) is 26.3 Å². The van der Waals surface area contributed by atoms with Gasteiger partial charge in [-0.3, -0.25) is 0 Å². The standard InChI is InChI=1S/C13H24N2O3/c16-9-10-18-12-5-7-15(8-6-12)13(17)14-11-3-1-2-4-11/h11-12,16H,1-10H2,(H,14,17). The smallest absolute Gasteiger partial charge is 0.317 e. The molecule has 5 nitrogen and oxygen atoms in total. The Kier molecular flexibility index (Phi) is 5.26. The van der Waals surface area contributed by atoms with Gasteiger partial charge in [-0.2, -0.15) is 0 Å². The fraction of sp³-hybridized carbons (Fsp3) is 0.923. The van der Waals surface area contributed by atoms with Crippen molar-refractivity contribution >= 4 is 6.03 Å². The van der Waals surface area contributed by atoms with Crippen molar-refractivity contribution in [1.29, 1.82) is 0 Å². The quantitative estimate of drug-likeness (QED) is 0.792. The molecule has 2 N–H and O–H groups in total. The number of amides is 2. The maximum atomic E-state index is 12.0. The summed E-state index contributed by atoms with van der Waals surface area (Å²) in [6, 6.07) is 0.475. The minimum atomic E-state index is 0.0718. The summed E-state index contributed by atoms with van der Waals surface area (Å²) < 4.78 is 5.49. The van der Waals surface area contributed by atoms with Gasteiger partial charge in [-0.15, -0.1) is 0 Å². The number of rotatable bonds is 4. The third-order valence-electron chi connectivity index (χ3n) is 3.86. The number of carbonyl (C=O) groups is 1. The predicted molar refractivity (Wildman–Crippen MR) is 68.4 cm³/mol. The Balaban J connectivity index is 1.66. The molecular weight excluding hydrogens is 232 g/mol. The number of hydrogen-bond acceptors (Lipinski definition) is 3. The molecule has 0 radical (unpaired) electrons. The number of aliphatic hydroxyl groups excluding tert-OH is 1. The largest absolute Gasteiger partial charge is 0.394 e. The molecule has 0 spiro atoms. The molecule has 5 heteroatoms. The molecular formula is C13H24N2O3. The number of urea groups is 1. The molecule has 0 aromatic carbocycles. The van der Waals surface area contributed by atoms with Crippen LogP contribution >= 0.6 is 0 Å². The van der Waals surface area contributed by atoms with E-state index in [-0.39, 0.29) is 18.7 Å². The third-order valence-corrected chi connectivity index (χ3v) is 3.86. The van der Waals surface area contributed by atoms with Gasteiger partial charge in [0.2, 0.25) is 0 Å². The highest BCUT2D eigenvalue weighted by Crippen LogP contribution is 2.19. The van der Waals surface area contributed by atoms with Gasteiger partial charge in [0.05, 0.1) is 19.3 Å². The number of carbonyl (C=O) groups excluding carboxylic acids is 1. The van der Waals surface area contributed by atoms with Crippen LogP contribution < -0.4 is 5.32 Å². The summed E-state index contributed by atoms with van der Waals surface area (Å²) in [7, 11) is 0. The molecule has 1 aliphatic carbocycles. The molecule has 0 unspecified atom stereocenters. The van der Waals surface area contributed by atoms with Crippen molar-refractivity contribution in [2.45, 2.75) is 50.7 Å². The Bertz CT molecular complexity index is 259. The number of ether oxygens (including phenoxy) is 1. The molecule has 0 bridgehead atoms. The van der Waals surface area contributed by atoms with E-state index in [9.17, 15) is 4.79 Å². The molecule has 1 saturated heterocycles. The Morgan fingerprint density at radius 3 is 2.50 bits per heavy atom. The van der Waals surface area contributed by atoms with Crippen LogP contribution in [-0.4, -0.2) is 54.5 Å². The number of likely N-dealkylation sites (tertiary alicyclic amines) is 1. The normalized spacial score (nSPS) is 22.4. The van der Waals surface area contributed by atoms with Crippen LogP contribution in [0.2, 0.25) is 0 Å². The Hall–Kier alpha value is -0.810. The molecule has 0 aromatic heterocycles. The van der Waals surface area contributed by atoms with E-state index in [1.165, 1.54) is 12.8 Å². The monoisotopic (exact) mass is 256 g/mol. The van der Waals surface area contributed by atoms with Crippen LogP contribution in [0.25, 0.3) is 0 Å². The lowest BCUT2D eigenvalue weighted by atomic mass is 10.1. The summed E-state index contributed by atoms with van der Waals surface area (Å²) in [5.74, 6) is 0. The number of hydrogen-bond donors (Lipinski definition) is 2. The molecule has 1 heterocycles. The minimum absolute atomic E-state index is 0.0718. The SMILES string of the molecule is O=C(NC1CCCC1)N1CCC(OCCO)CC1.